The topological polar surface area (TPSA) is 84.0 Å². The summed E-state index contributed by atoms with van der Waals surface area (Å²) in [5.74, 6) is 0. The molecule has 2 amide bonds. The van der Waals surface area contributed by atoms with E-state index in [1.54, 1.807) is 7.11 Å². The van der Waals surface area contributed by atoms with Gasteiger partial charge in [-0.2, -0.15) is 5.10 Å². The van der Waals surface area contributed by atoms with Crippen LogP contribution in [0.3, 0.4) is 0 Å². The van der Waals surface area contributed by atoms with E-state index < -0.39 is 0 Å². The van der Waals surface area contributed by atoms with Gasteiger partial charge in [0.25, 0.3) is 0 Å². The average Bonchev–Trinajstić information content (AvgIpc) is 3.14. The Morgan fingerprint density at radius 3 is 2.81 bits per heavy atom. The Kier molecular flexibility index (Phi) is 5.81. The van der Waals surface area contributed by atoms with Gasteiger partial charge in [0, 0.05) is 54.1 Å². The van der Waals surface area contributed by atoms with Crippen molar-refractivity contribution in [3.63, 3.8) is 0 Å². The van der Waals surface area contributed by atoms with E-state index in [0.717, 1.165) is 34.5 Å². The van der Waals surface area contributed by atoms with Crippen LogP contribution in [-0.4, -0.2) is 40.6 Å². The van der Waals surface area contributed by atoms with Crippen LogP contribution in [0.25, 0.3) is 10.9 Å². The van der Waals surface area contributed by atoms with E-state index in [1.807, 2.05) is 38.1 Å². The quantitative estimate of drug-likeness (QED) is 0.597. The summed E-state index contributed by atoms with van der Waals surface area (Å²) in [5, 5.41) is 14.1. The van der Waals surface area contributed by atoms with Crippen LogP contribution in [0.2, 0.25) is 0 Å². The third kappa shape index (κ3) is 4.68. The number of aromatic nitrogens is 3. The normalized spacial score (nSPS) is 12.3. The Bertz CT molecular complexity index is 928. The molecule has 0 saturated carbocycles. The van der Waals surface area contributed by atoms with Gasteiger partial charge in [-0.15, -0.1) is 0 Å². The van der Waals surface area contributed by atoms with Crippen molar-refractivity contribution in [2.75, 3.05) is 19.0 Å². The van der Waals surface area contributed by atoms with Gasteiger partial charge in [0.1, 0.15) is 0 Å². The molecule has 0 bridgehead atoms. The summed E-state index contributed by atoms with van der Waals surface area (Å²) in [7, 11) is 1.70. The molecule has 0 aliphatic carbocycles. The molecule has 2 heterocycles. The molecule has 144 valence electrons. The molecule has 27 heavy (non-hydrogen) atoms. The summed E-state index contributed by atoms with van der Waals surface area (Å²) >= 11 is 0. The number of anilines is 1. The molecule has 0 spiro atoms. The van der Waals surface area contributed by atoms with E-state index >= 15 is 0 Å². The number of ether oxygens (including phenoxy) is 1. The van der Waals surface area contributed by atoms with Gasteiger partial charge in [0.2, 0.25) is 0 Å². The highest BCUT2D eigenvalue weighted by Crippen LogP contribution is 2.23. The van der Waals surface area contributed by atoms with Crippen LogP contribution in [0.4, 0.5) is 10.5 Å². The summed E-state index contributed by atoms with van der Waals surface area (Å²) in [4.78, 5) is 12.3. The number of hydrogen-bond acceptors (Lipinski definition) is 3. The van der Waals surface area contributed by atoms with E-state index in [1.165, 1.54) is 5.69 Å². The molecule has 0 radical (unpaired) electrons. The largest absolute Gasteiger partial charge is 0.383 e. The molecule has 3 rings (SSSR count). The Hall–Kier alpha value is -2.80. The fourth-order valence-electron chi connectivity index (χ4n) is 3.30. The molecule has 0 aliphatic rings. The zero-order valence-electron chi connectivity index (χ0n) is 16.3. The average molecular weight is 369 g/mol. The molecule has 7 heteroatoms. The number of nitrogens with one attached hydrogen (secondary N) is 3. The molecule has 3 N–H and O–H groups in total. The monoisotopic (exact) mass is 369 g/mol. The number of H-pyrrole nitrogens is 1. The highest BCUT2D eigenvalue weighted by molar-refractivity contribution is 5.93. The number of carbonyl (C=O) groups excluding carboxylic acids is 1. The maximum absolute atomic E-state index is 12.3. The van der Waals surface area contributed by atoms with E-state index in [-0.39, 0.29) is 12.1 Å². The minimum Gasteiger partial charge on any atom is -0.383 e. The highest BCUT2D eigenvalue weighted by atomic mass is 16.5. The third-order valence-corrected chi connectivity index (χ3v) is 4.54. The van der Waals surface area contributed by atoms with Crippen molar-refractivity contribution in [3.8, 4) is 0 Å². The number of hydrogen-bond donors (Lipinski definition) is 3. The SMILES string of the molecule is COCCn1c(C)cc2cc(NC(=O)N[C@@H](C)Cc3cc(C)[nH]n3)ccc21. The van der Waals surface area contributed by atoms with Gasteiger partial charge < -0.3 is 19.9 Å². The lowest BCUT2D eigenvalue weighted by atomic mass is 10.2. The van der Waals surface area contributed by atoms with Crippen molar-refractivity contribution < 1.29 is 9.53 Å². The minimum atomic E-state index is -0.218. The minimum absolute atomic E-state index is 0.0196. The molecule has 1 aromatic carbocycles. The Morgan fingerprint density at radius 2 is 2.11 bits per heavy atom. The van der Waals surface area contributed by atoms with Gasteiger partial charge in [0.15, 0.2) is 0 Å². The molecule has 0 aliphatic heterocycles. The standard InChI is InChI=1S/C20H27N5O2/c1-13(9-18-10-14(2)23-24-18)21-20(26)22-17-5-6-19-16(12-17)11-15(3)25(19)7-8-27-4/h5-6,10-13H,7-9H2,1-4H3,(H,23,24)(H2,21,22,26)/t13-/m0/s1. The van der Waals surface area contributed by atoms with Crippen LogP contribution >= 0.6 is 0 Å². The van der Waals surface area contributed by atoms with Gasteiger partial charge >= 0.3 is 6.03 Å². The number of fused-ring (bicyclic) bond motifs is 1. The zero-order valence-corrected chi connectivity index (χ0v) is 16.3. The first kappa shape index (κ1) is 19.0. The lowest BCUT2D eigenvalue weighted by molar-refractivity contribution is 0.188. The smallest absolute Gasteiger partial charge is 0.319 e. The lowest BCUT2D eigenvalue weighted by Gasteiger charge is -2.14. The van der Waals surface area contributed by atoms with Crippen LogP contribution in [-0.2, 0) is 17.7 Å². The predicted octanol–water partition coefficient (Wildman–Crippen LogP) is 3.38. The van der Waals surface area contributed by atoms with E-state index in [9.17, 15) is 4.79 Å². The van der Waals surface area contributed by atoms with Gasteiger partial charge in [-0.1, -0.05) is 0 Å². The summed E-state index contributed by atoms with van der Waals surface area (Å²) in [6.07, 6.45) is 0.679. The number of carbonyl (C=O) groups is 1. The molecule has 7 nitrogen and oxygen atoms in total. The van der Waals surface area contributed by atoms with Crippen LogP contribution in [0.5, 0.6) is 0 Å². The number of aryl methyl sites for hydroxylation is 2. The van der Waals surface area contributed by atoms with Gasteiger partial charge in [-0.05, 0) is 51.1 Å². The van der Waals surface area contributed by atoms with E-state index in [2.05, 4.69) is 38.4 Å². The van der Waals surface area contributed by atoms with Crippen LogP contribution in [0.1, 0.15) is 24.0 Å². The van der Waals surface area contributed by atoms with Gasteiger partial charge in [0.05, 0.1) is 12.3 Å². The second-order valence-electron chi connectivity index (χ2n) is 6.95. The number of aromatic amines is 1. The summed E-state index contributed by atoms with van der Waals surface area (Å²) in [6.45, 7) is 7.48. The summed E-state index contributed by atoms with van der Waals surface area (Å²) in [6, 6.07) is 9.82. The second-order valence-corrected chi connectivity index (χ2v) is 6.95. The lowest BCUT2D eigenvalue weighted by Crippen LogP contribution is -2.37. The van der Waals surface area contributed by atoms with Gasteiger partial charge in [-0.3, -0.25) is 5.10 Å². The molecule has 1 atom stereocenters. The van der Waals surface area contributed by atoms with Crippen molar-refractivity contribution in [1.29, 1.82) is 0 Å². The Labute approximate surface area is 159 Å². The van der Waals surface area contributed by atoms with E-state index in [4.69, 9.17) is 4.74 Å². The number of amides is 2. The summed E-state index contributed by atoms with van der Waals surface area (Å²) < 4.78 is 7.40. The number of urea groups is 1. The van der Waals surface area contributed by atoms with Crippen molar-refractivity contribution in [1.82, 2.24) is 20.1 Å². The highest BCUT2D eigenvalue weighted by Gasteiger charge is 2.11. The first-order valence-corrected chi connectivity index (χ1v) is 9.13. The van der Waals surface area contributed by atoms with Crippen molar-refractivity contribution in [2.45, 2.75) is 39.8 Å². The van der Waals surface area contributed by atoms with E-state index in [0.29, 0.717) is 13.0 Å². The molecular formula is C20H27N5O2. The van der Waals surface area contributed by atoms with Gasteiger partial charge in [-0.25, -0.2) is 4.79 Å². The molecule has 0 saturated heterocycles. The van der Waals surface area contributed by atoms with Crippen LogP contribution in [0.15, 0.2) is 30.3 Å². The first-order chi connectivity index (χ1) is 13.0. The Morgan fingerprint density at radius 1 is 1.30 bits per heavy atom. The maximum Gasteiger partial charge on any atom is 0.319 e. The fourth-order valence-corrected chi connectivity index (χ4v) is 3.30. The van der Waals surface area contributed by atoms with Crippen LogP contribution in [0, 0.1) is 13.8 Å². The molecule has 0 fully saturated rings. The third-order valence-electron chi connectivity index (χ3n) is 4.54. The molecule has 2 aromatic heterocycles. The van der Waals surface area contributed by atoms with Crippen LogP contribution < -0.4 is 10.6 Å². The van der Waals surface area contributed by atoms with Crippen molar-refractivity contribution in [2.24, 2.45) is 0 Å². The van der Waals surface area contributed by atoms with Crippen molar-refractivity contribution in [3.05, 3.63) is 47.4 Å². The number of rotatable bonds is 7. The zero-order chi connectivity index (χ0) is 19.4. The first-order valence-electron chi connectivity index (χ1n) is 9.13. The molecule has 3 aromatic rings. The summed E-state index contributed by atoms with van der Waals surface area (Å²) in [5.41, 5.74) is 5.04. The van der Waals surface area contributed by atoms with Crippen molar-refractivity contribution >= 4 is 22.6 Å². The Balaban J connectivity index is 1.62. The molecular weight excluding hydrogens is 342 g/mol. The predicted molar refractivity (Wildman–Crippen MR) is 107 cm³/mol. The number of nitrogens with zero attached hydrogens (tertiary/aromatic N) is 2. The fraction of sp³-hybridized carbons (Fsp3) is 0.400. The number of methoxy groups -OCH3 is 1. The maximum atomic E-state index is 12.3. The molecule has 0 unspecified atom stereocenters. The second kappa shape index (κ2) is 8.26. The number of benzene rings is 1.